The number of likely N-dealkylation sites (N-methyl/N-ethyl adjacent to an activating group) is 1. The molecule has 37 nitrogen and oxygen atoms in total. The van der Waals surface area contributed by atoms with Crippen molar-refractivity contribution in [3.63, 3.8) is 0 Å². The number of aliphatic hydroxyl groups is 13. The summed E-state index contributed by atoms with van der Waals surface area (Å²) in [4.78, 5) is 50.6. The fraction of sp³-hybridized carbons (Fsp3) is 0.911. The minimum atomic E-state index is -5.40. The van der Waals surface area contributed by atoms with Crippen molar-refractivity contribution in [1.82, 2.24) is 26.6 Å². The van der Waals surface area contributed by atoms with Crippen molar-refractivity contribution in [3.05, 3.63) is 0 Å². The number of nitrogens with one attached hydrogen (secondary N) is 5. The number of hydrogen-bond acceptors (Lipinski definition) is 32. The van der Waals surface area contributed by atoms with E-state index in [0.29, 0.717) is 0 Å². The summed E-state index contributed by atoms with van der Waals surface area (Å²) in [5, 5.41) is 154. The summed E-state index contributed by atoms with van der Waals surface area (Å²) in [6.07, 6.45) is -45.3. The number of hydrogen-bond donors (Lipinski definition) is 19. The Morgan fingerprint density at radius 1 is 0.422 bits per heavy atom. The third kappa shape index (κ3) is 16.5. The molecule has 0 aromatic rings. The zero-order valence-corrected chi connectivity index (χ0v) is 46.2. The number of rotatable bonds is 22. The predicted molar refractivity (Wildman–Crippen MR) is 261 cm³/mol. The molecule has 0 aromatic heterocycles. The molecule has 0 spiro atoms. The van der Waals surface area contributed by atoms with Gasteiger partial charge in [-0.25, -0.2) is 4.18 Å². The van der Waals surface area contributed by atoms with Crippen LogP contribution < -0.4 is 26.6 Å². The average Bonchev–Trinajstić information content (AvgIpc) is 2.67. The summed E-state index contributed by atoms with van der Waals surface area (Å²) in [6, 6.07) is -8.40. The van der Waals surface area contributed by atoms with Crippen LogP contribution in [0.4, 0.5) is 0 Å². The summed E-state index contributed by atoms with van der Waals surface area (Å²) in [7, 11) is -4.03. The maximum absolute atomic E-state index is 12.9. The van der Waals surface area contributed by atoms with Gasteiger partial charge in [0.25, 0.3) is 0 Å². The number of aliphatic hydroxyl groups excluding tert-OH is 13. The van der Waals surface area contributed by atoms with Crippen LogP contribution in [0.1, 0.15) is 34.6 Å². The highest BCUT2D eigenvalue weighted by molar-refractivity contribution is 7.80. The van der Waals surface area contributed by atoms with Gasteiger partial charge in [-0.15, -0.1) is 0 Å². The predicted octanol–water partition coefficient (Wildman–Crippen LogP) is -12.4. The molecule has 6 fully saturated rings. The largest absolute Gasteiger partial charge is 0.397 e. The quantitative estimate of drug-likeness (QED) is 0.0448. The lowest BCUT2D eigenvalue weighted by molar-refractivity contribution is -0.368. The smallest absolute Gasteiger partial charge is 0.394 e. The van der Waals surface area contributed by atoms with E-state index in [1.165, 1.54) is 14.0 Å². The monoisotopic (exact) mass is 1230 g/mol. The molecule has 4 amide bonds. The van der Waals surface area contributed by atoms with Crippen LogP contribution in [0, 0.1) is 0 Å². The summed E-state index contributed by atoms with van der Waals surface area (Å²) >= 11 is 0. The van der Waals surface area contributed by atoms with Crippen molar-refractivity contribution in [2.75, 3.05) is 40.1 Å². The highest BCUT2D eigenvalue weighted by atomic mass is 32.3. The molecule has 19 N–H and O–H groups in total. The van der Waals surface area contributed by atoms with Gasteiger partial charge in [-0.05, 0) is 14.0 Å². The van der Waals surface area contributed by atoms with Crippen molar-refractivity contribution in [2.45, 2.75) is 219 Å². The number of carbonyl (C=O) groups excluding carboxylic acids is 4. The van der Waals surface area contributed by atoms with Crippen molar-refractivity contribution in [1.29, 1.82) is 0 Å². The van der Waals surface area contributed by atoms with Crippen molar-refractivity contribution >= 4 is 34.0 Å². The maximum Gasteiger partial charge on any atom is 0.397 e. The Balaban J connectivity index is 1.29. The van der Waals surface area contributed by atoms with Gasteiger partial charge < -0.3 is 145 Å². The van der Waals surface area contributed by atoms with Gasteiger partial charge in [-0.1, -0.05) is 0 Å². The first-order valence-electron chi connectivity index (χ1n) is 26.1. The molecular formula is C45H77N5O32S. The maximum atomic E-state index is 12.9. The first kappa shape index (κ1) is 68.9. The Hall–Kier alpha value is -3.25. The topological polar surface area (TPSA) is 557 Å². The molecule has 0 radical (unpaired) electrons. The molecule has 30 atom stereocenters. The molecule has 6 heterocycles. The Morgan fingerprint density at radius 3 is 1.18 bits per heavy atom. The van der Waals surface area contributed by atoms with Crippen LogP contribution in [-0.4, -0.2) is 327 Å². The number of carbonyl (C=O) groups is 4. The lowest BCUT2D eigenvalue weighted by Crippen LogP contribution is -2.72. The third-order valence-electron chi connectivity index (χ3n) is 14.5. The van der Waals surface area contributed by atoms with Crippen LogP contribution in [0.15, 0.2) is 0 Å². The molecule has 0 aromatic carbocycles. The van der Waals surface area contributed by atoms with E-state index in [1.807, 2.05) is 0 Å². The first-order chi connectivity index (χ1) is 38.9. The Kier molecular flexibility index (Phi) is 24.6. The second kappa shape index (κ2) is 29.6. The van der Waals surface area contributed by atoms with Crippen molar-refractivity contribution < 1.29 is 155 Å². The summed E-state index contributed by atoms with van der Waals surface area (Å²) in [6.45, 7) is 0.380. The third-order valence-corrected chi connectivity index (χ3v) is 15.0. The van der Waals surface area contributed by atoms with Crippen molar-refractivity contribution in [2.24, 2.45) is 0 Å². The Bertz CT molecular complexity index is 2250. The van der Waals surface area contributed by atoms with Crippen LogP contribution in [0.25, 0.3) is 0 Å². The molecule has 6 rings (SSSR count). The number of amides is 4. The second-order valence-corrected chi connectivity index (χ2v) is 21.7. The average molecular weight is 1230 g/mol. The lowest BCUT2D eigenvalue weighted by Gasteiger charge is -2.51. The van der Waals surface area contributed by atoms with Crippen LogP contribution in [0.3, 0.4) is 0 Å². The van der Waals surface area contributed by atoms with Gasteiger partial charge in [-0.3, -0.25) is 23.7 Å². The molecule has 38 heteroatoms. The zero-order chi connectivity index (χ0) is 61.7. The molecule has 6 aliphatic heterocycles. The highest BCUT2D eigenvalue weighted by Gasteiger charge is 2.58. The van der Waals surface area contributed by atoms with Gasteiger partial charge >= 0.3 is 10.4 Å². The molecule has 0 saturated carbocycles. The van der Waals surface area contributed by atoms with E-state index in [4.69, 9.17) is 52.1 Å². The molecule has 83 heavy (non-hydrogen) atoms. The van der Waals surface area contributed by atoms with Crippen LogP contribution in [0.2, 0.25) is 0 Å². The van der Waals surface area contributed by atoms with Crippen LogP contribution in [0.5, 0.6) is 0 Å². The van der Waals surface area contributed by atoms with Gasteiger partial charge in [0, 0.05) is 27.7 Å². The fourth-order valence-corrected chi connectivity index (χ4v) is 10.8. The second-order valence-electron chi connectivity index (χ2n) is 20.6. The Labute approximate surface area is 473 Å². The standard InChI is InChI=1S/C45H77N5O32S/c1-12-27(58)34(65)35(66)45(73-12)71-10-20-38(30(61)22(40(67)74-20)47-13(2)54)81-44-26(50-16(5)57)33(64)39(21(78-44)11-72-83(68,69)70)82-43-25(49-15(4)56)32(63)37(19(9-53)77-43)80-42-24(48-14(3)55)31(62)36(18(8-52)76-42)79-41-23(46-6)29(60)28(59)17(7-51)75-41/h12,17-46,51-53,58-67H,7-11H2,1-6H3,(H,47,54)(H,48,55)(H,49,56)(H,50,57)(H,68,69,70). The van der Waals surface area contributed by atoms with E-state index in [1.54, 1.807) is 0 Å². The van der Waals surface area contributed by atoms with Gasteiger partial charge in [0.1, 0.15) is 134 Å². The molecule has 480 valence electrons. The van der Waals surface area contributed by atoms with Crippen LogP contribution >= 0.6 is 0 Å². The molecule has 0 bridgehead atoms. The molecular weight excluding hydrogens is 1150 g/mol. The van der Waals surface area contributed by atoms with Crippen LogP contribution in [-0.2, 0) is 85.9 Å². The van der Waals surface area contributed by atoms with Crippen molar-refractivity contribution in [3.8, 4) is 0 Å². The van der Waals surface area contributed by atoms with Gasteiger partial charge in [0.05, 0.1) is 45.2 Å². The van der Waals surface area contributed by atoms with E-state index >= 15 is 0 Å². The van der Waals surface area contributed by atoms with Gasteiger partial charge in [0.15, 0.2) is 37.7 Å². The summed E-state index contributed by atoms with van der Waals surface area (Å²) < 4.78 is 103. The minimum Gasteiger partial charge on any atom is -0.394 e. The summed E-state index contributed by atoms with van der Waals surface area (Å²) in [5.41, 5.74) is 0. The van der Waals surface area contributed by atoms with E-state index in [9.17, 15) is 98.5 Å². The van der Waals surface area contributed by atoms with Gasteiger partial charge in [-0.2, -0.15) is 8.42 Å². The molecule has 6 saturated heterocycles. The van der Waals surface area contributed by atoms with E-state index < -0.39 is 251 Å². The SMILES string of the molecule is CNC1C(OC2C(CO)OC(OC3C(CO)OC(OC4C(COS(=O)(=O)O)OC(OC5C(COC6OC(C)C(O)C(O)C6O)OC(O)C(NC(C)=O)C5O)C(NC(C)=O)C4O)C(NC(C)=O)C3O)C(NC(C)=O)C2O)OC(CO)C(O)C1O. The van der Waals surface area contributed by atoms with E-state index in [0.717, 1.165) is 27.7 Å². The highest BCUT2D eigenvalue weighted by Crippen LogP contribution is 2.37. The molecule has 6 aliphatic rings. The van der Waals surface area contributed by atoms with Gasteiger partial charge in [0.2, 0.25) is 23.6 Å². The Morgan fingerprint density at radius 2 is 0.783 bits per heavy atom. The normalized spacial score (nSPS) is 45.2. The summed E-state index contributed by atoms with van der Waals surface area (Å²) in [5.74, 6) is -3.43. The first-order valence-corrected chi connectivity index (χ1v) is 27.5. The zero-order valence-electron chi connectivity index (χ0n) is 45.4. The molecule has 30 unspecified atom stereocenters. The lowest BCUT2D eigenvalue weighted by atomic mass is 9.93. The van der Waals surface area contributed by atoms with E-state index in [-0.39, 0.29) is 0 Å². The number of ether oxygens (including phenoxy) is 11. The minimum absolute atomic E-state index is 0.788. The molecule has 0 aliphatic carbocycles. The fourth-order valence-electron chi connectivity index (χ4n) is 10.5. The van der Waals surface area contributed by atoms with E-state index in [2.05, 4.69) is 30.8 Å².